The molecule has 5 rings (SSSR count). The number of aromatic nitrogens is 3. The molecule has 2 aromatic heterocycles. The molecule has 0 fully saturated rings. The Morgan fingerprint density at radius 3 is 2.81 bits per heavy atom. The highest BCUT2D eigenvalue weighted by Gasteiger charge is 2.40. The molecule has 1 aliphatic carbocycles. The Kier molecular flexibility index (Phi) is 5.21. The molecule has 3 heterocycles. The lowest BCUT2D eigenvalue weighted by Gasteiger charge is -2.19. The highest BCUT2D eigenvalue weighted by atomic mass is 35.5. The molecule has 0 saturated carbocycles. The van der Waals surface area contributed by atoms with E-state index in [0.29, 0.717) is 18.0 Å². The van der Waals surface area contributed by atoms with Crippen LogP contribution in [0.25, 0.3) is 5.00 Å². The summed E-state index contributed by atoms with van der Waals surface area (Å²) < 4.78 is 2.14. The standard InChI is InChI=1S/C24H26ClN5OS/c1-5-10-26-21(31)14-11-16-18(12-14)32-22-19(16)20(15-8-6-7-9-17(15)25)27-24(3,4)23-29-28-13(2)30(22)23/h6-9,14H,5,10-12H2,1-4H3,(H,26,31)/t14-/m0/s1. The first-order chi connectivity index (χ1) is 15.3. The van der Waals surface area contributed by atoms with Crippen LogP contribution in [0.3, 0.4) is 0 Å². The van der Waals surface area contributed by atoms with Gasteiger partial charge in [0.1, 0.15) is 16.4 Å². The first-order valence-electron chi connectivity index (χ1n) is 11.0. The number of aliphatic imine (C=N–C) groups is 1. The van der Waals surface area contributed by atoms with Crippen LogP contribution < -0.4 is 5.32 Å². The van der Waals surface area contributed by atoms with Crippen LogP contribution in [0.2, 0.25) is 5.02 Å². The van der Waals surface area contributed by atoms with Crippen LogP contribution in [0.4, 0.5) is 0 Å². The molecule has 0 bridgehead atoms. The fourth-order valence-corrected chi connectivity index (χ4v) is 6.32. The van der Waals surface area contributed by atoms with Crippen LogP contribution in [0.1, 0.15) is 60.4 Å². The van der Waals surface area contributed by atoms with Gasteiger partial charge in [-0.2, -0.15) is 0 Å². The van der Waals surface area contributed by atoms with Gasteiger partial charge in [-0.3, -0.25) is 14.4 Å². The van der Waals surface area contributed by atoms with Gasteiger partial charge in [0, 0.05) is 33.5 Å². The maximum absolute atomic E-state index is 12.7. The van der Waals surface area contributed by atoms with Crippen molar-refractivity contribution in [3.63, 3.8) is 0 Å². The van der Waals surface area contributed by atoms with Crippen molar-refractivity contribution < 1.29 is 4.79 Å². The number of hydrogen-bond donors (Lipinski definition) is 1. The number of hydrogen-bond acceptors (Lipinski definition) is 5. The molecule has 1 aromatic carbocycles. The number of carbonyl (C=O) groups is 1. The molecular formula is C24H26ClN5OS. The number of fused-ring (bicyclic) bond motifs is 5. The zero-order chi connectivity index (χ0) is 22.6. The molecule has 166 valence electrons. The number of carbonyl (C=O) groups excluding carboxylic acids is 1. The number of aryl methyl sites for hydroxylation is 1. The van der Waals surface area contributed by atoms with E-state index >= 15 is 0 Å². The lowest BCUT2D eigenvalue weighted by atomic mass is 9.96. The quantitative estimate of drug-likeness (QED) is 0.608. The summed E-state index contributed by atoms with van der Waals surface area (Å²) in [4.78, 5) is 19.2. The summed E-state index contributed by atoms with van der Waals surface area (Å²) in [5, 5.41) is 13.7. The van der Waals surface area contributed by atoms with Gasteiger partial charge in [0.25, 0.3) is 0 Å². The van der Waals surface area contributed by atoms with Crippen molar-refractivity contribution in [1.82, 2.24) is 20.1 Å². The predicted octanol–water partition coefficient (Wildman–Crippen LogP) is 4.62. The topological polar surface area (TPSA) is 72.2 Å². The maximum atomic E-state index is 12.7. The Balaban J connectivity index is 1.71. The summed E-state index contributed by atoms with van der Waals surface area (Å²) in [6.07, 6.45) is 2.39. The summed E-state index contributed by atoms with van der Waals surface area (Å²) in [7, 11) is 0. The molecule has 0 spiro atoms. The number of nitrogens with one attached hydrogen (secondary N) is 1. The van der Waals surface area contributed by atoms with Gasteiger partial charge in [-0.05, 0) is 51.7 Å². The molecule has 3 aromatic rings. The van der Waals surface area contributed by atoms with Crippen molar-refractivity contribution in [2.24, 2.45) is 10.9 Å². The Bertz CT molecular complexity index is 1260. The second-order valence-corrected chi connectivity index (χ2v) is 10.5. The lowest BCUT2D eigenvalue weighted by molar-refractivity contribution is -0.124. The first kappa shape index (κ1) is 21.3. The summed E-state index contributed by atoms with van der Waals surface area (Å²) >= 11 is 8.39. The van der Waals surface area contributed by atoms with Gasteiger partial charge in [-0.25, -0.2) is 0 Å². The number of amides is 1. The van der Waals surface area contributed by atoms with E-state index in [1.165, 1.54) is 10.4 Å². The average Bonchev–Trinajstić information content (AvgIpc) is 3.41. The van der Waals surface area contributed by atoms with E-state index in [1.807, 2.05) is 31.2 Å². The second kappa shape index (κ2) is 7.81. The molecule has 8 heteroatoms. The number of rotatable bonds is 4. The Morgan fingerprint density at radius 2 is 2.06 bits per heavy atom. The van der Waals surface area contributed by atoms with Crippen molar-refractivity contribution in [2.75, 3.05) is 6.54 Å². The van der Waals surface area contributed by atoms with E-state index in [-0.39, 0.29) is 11.8 Å². The largest absolute Gasteiger partial charge is 0.356 e. The summed E-state index contributed by atoms with van der Waals surface area (Å²) in [5.74, 6) is 1.74. The van der Waals surface area contributed by atoms with Crippen molar-refractivity contribution in [3.8, 4) is 5.00 Å². The third-order valence-corrected chi connectivity index (χ3v) is 7.78. The molecule has 2 aliphatic rings. The molecular weight excluding hydrogens is 442 g/mol. The van der Waals surface area contributed by atoms with Crippen LogP contribution in [0, 0.1) is 12.8 Å². The lowest BCUT2D eigenvalue weighted by Crippen LogP contribution is -2.31. The van der Waals surface area contributed by atoms with Crippen LogP contribution in [0.5, 0.6) is 0 Å². The van der Waals surface area contributed by atoms with Crippen molar-refractivity contribution in [2.45, 2.75) is 52.5 Å². The SMILES string of the molecule is CCCNC(=O)[C@@H]1Cc2sc3c(c2C1)C(c1ccccc1Cl)=NC(C)(C)c1nnc(C)n1-3. The molecule has 6 nitrogen and oxygen atoms in total. The third-order valence-electron chi connectivity index (χ3n) is 6.21. The fraction of sp³-hybridized carbons (Fsp3) is 0.417. The summed E-state index contributed by atoms with van der Waals surface area (Å²) in [6.45, 7) is 8.87. The van der Waals surface area contributed by atoms with Crippen molar-refractivity contribution in [1.29, 1.82) is 0 Å². The minimum Gasteiger partial charge on any atom is -0.356 e. The highest BCUT2D eigenvalue weighted by molar-refractivity contribution is 7.15. The Hall–Kier alpha value is -2.51. The zero-order valence-electron chi connectivity index (χ0n) is 18.7. The molecule has 1 amide bonds. The number of halogens is 1. The first-order valence-corrected chi connectivity index (χ1v) is 12.2. The molecule has 0 radical (unpaired) electrons. The molecule has 32 heavy (non-hydrogen) atoms. The Morgan fingerprint density at radius 1 is 1.28 bits per heavy atom. The van der Waals surface area contributed by atoms with Gasteiger partial charge in [0.15, 0.2) is 5.82 Å². The highest BCUT2D eigenvalue weighted by Crippen LogP contribution is 2.45. The maximum Gasteiger partial charge on any atom is 0.223 e. The van der Waals surface area contributed by atoms with Crippen LogP contribution in [-0.2, 0) is 23.2 Å². The van der Waals surface area contributed by atoms with E-state index in [9.17, 15) is 4.79 Å². The van der Waals surface area contributed by atoms with E-state index in [4.69, 9.17) is 16.6 Å². The van der Waals surface area contributed by atoms with E-state index in [0.717, 1.165) is 46.3 Å². The summed E-state index contributed by atoms with van der Waals surface area (Å²) in [6, 6.07) is 7.83. The smallest absolute Gasteiger partial charge is 0.223 e. The van der Waals surface area contributed by atoms with Gasteiger partial charge in [-0.1, -0.05) is 36.7 Å². The minimum absolute atomic E-state index is 0.0432. The van der Waals surface area contributed by atoms with E-state index in [1.54, 1.807) is 11.3 Å². The monoisotopic (exact) mass is 467 g/mol. The second-order valence-electron chi connectivity index (χ2n) is 8.99. The van der Waals surface area contributed by atoms with Gasteiger partial charge in [-0.15, -0.1) is 21.5 Å². The zero-order valence-corrected chi connectivity index (χ0v) is 20.3. The normalized spacial score (nSPS) is 18.4. The van der Waals surface area contributed by atoms with Crippen LogP contribution in [0.15, 0.2) is 29.3 Å². The van der Waals surface area contributed by atoms with Gasteiger partial charge in [0.05, 0.1) is 5.71 Å². The number of nitrogens with zero attached hydrogens (tertiary/aromatic N) is 4. The fourth-order valence-electron chi connectivity index (χ4n) is 4.64. The van der Waals surface area contributed by atoms with E-state index in [2.05, 4.69) is 40.9 Å². The van der Waals surface area contributed by atoms with Gasteiger partial charge in [0.2, 0.25) is 5.91 Å². The molecule has 1 N–H and O–H groups in total. The Labute approximate surface area is 196 Å². The van der Waals surface area contributed by atoms with Crippen molar-refractivity contribution in [3.05, 3.63) is 62.5 Å². The molecule has 0 saturated heterocycles. The predicted molar refractivity (Wildman–Crippen MR) is 128 cm³/mol. The summed E-state index contributed by atoms with van der Waals surface area (Å²) in [5.41, 5.74) is 3.46. The number of benzene rings is 1. The average molecular weight is 468 g/mol. The minimum atomic E-state index is -0.585. The van der Waals surface area contributed by atoms with Crippen molar-refractivity contribution >= 4 is 34.6 Å². The molecule has 0 unspecified atom stereocenters. The van der Waals surface area contributed by atoms with Crippen LogP contribution >= 0.6 is 22.9 Å². The van der Waals surface area contributed by atoms with Crippen LogP contribution in [-0.4, -0.2) is 32.9 Å². The number of thiophene rings is 1. The third kappa shape index (κ3) is 3.30. The van der Waals surface area contributed by atoms with Gasteiger partial charge < -0.3 is 5.32 Å². The van der Waals surface area contributed by atoms with E-state index < -0.39 is 5.54 Å². The molecule has 1 atom stereocenters. The molecule has 1 aliphatic heterocycles. The van der Waals surface area contributed by atoms with Gasteiger partial charge >= 0.3 is 0 Å².